The van der Waals surface area contributed by atoms with E-state index in [-0.39, 0.29) is 11.9 Å². The average Bonchev–Trinajstić information content (AvgIpc) is 3.00. The standard InChI is InChI=1S/C13H18N2O/c1-8(2)15-13(16)10-5-6-12(14)11(7-10)9-3-4-9/h5-9H,3-4,14H2,1-2H3,(H,15,16). The summed E-state index contributed by atoms with van der Waals surface area (Å²) in [5, 5.41) is 2.89. The van der Waals surface area contributed by atoms with Crippen molar-refractivity contribution in [2.24, 2.45) is 0 Å². The van der Waals surface area contributed by atoms with E-state index in [2.05, 4.69) is 5.32 Å². The van der Waals surface area contributed by atoms with Crippen molar-refractivity contribution < 1.29 is 4.79 Å². The minimum absolute atomic E-state index is 0.0168. The molecule has 0 bridgehead atoms. The molecule has 3 N–H and O–H groups in total. The lowest BCUT2D eigenvalue weighted by Gasteiger charge is -2.10. The van der Waals surface area contributed by atoms with Crippen molar-refractivity contribution in [3.63, 3.8) is 0 Å². The smallest absolute Gasteiger partial charge is 0.251 e. The largest absolute Gasteiger partial charge is 0.398 e. The highest BCUT2D eigenvalue weighted by Gasteiger charge is 2.26. The Morgan fingerprint density at radius 3 is 2.69 bits per heavy atom. The molecule has 1 aromatic carbocycles. The summed E-state index contributed by atoms with van der Waals surface area (Å²) in [4.78, 5) is 11.8. The minimum atomic E-state index is -0.0168. The molecule has 0 radical (unpaired) electrons. The summed E-state index contributed by atoms with van der Waals surface area (Å²) in [5.41, 5.74) is 8.56. The molecule has 16 heavy (non-hydrogen) atoms. The monoisotopic (exact) mass is 218 g/mol. The Morgan fingerprint density at radius 1 is 1.44 bits per heavy atom. The van der Waals surface area contributed by atoms with E-state index >= 15 is 0 Å². The van der Waals surface area contributed by atoms with Crippen LogP contribution in [0.1, 0.15) is 48.5 Å². The normalized spacial score (nSPS) is 15.2. The van der Waals surface area contributed by atoms with Gasteiger partial charge in [0.1, 0.15) is 0 Å². The first kappa shape index (κ1) is 11.0. The van der Waals surface area contributed by atoms with Gasteiger partial charge in [-0.05, 0) is 56.4 Å². The van der Waals surface area contributed by atoms with Crippen LogP contribution < -0.4 is 11.1 Å². The lowest BCUT2D eigenvalue weighted by atomic mass is 10.0. The Morgan fingerprint density at radius 2 is 2.12 bits per heavy atom. The molecular formula is C13H18N2O. The molecular weight excluding hydrogens is 200 g/mol. The maximum absolute atomic E-state index is 11.8. The van der Waals surface area contributed by atoms with Crippen LogP contribution >= 0.6 is 0 Å². The van der Waals surface area contributed by atoms with Crippen LogP contribution in [0.3, 0.4) is 0 Å². The van der Waals surface area contributed by atoms with Crippen LogP contribution in [0.15, 0.2) is 18.2 Å². The molecule has 0 unspecified atom stereocenters. The van der Waals surface area contributed by atoms with E-state index in [1.165, 1.54) is 12.8 Å². The molecule has 1 aliphatic rings. The van der Waals surface area contributed by atoms with Crippen molar-refractivity contribution in [3.05, 3.63) is 29.3 Å². The van der Waals surface area contributed by atoms with Crippen LogP contribution in [-0.4, -0.2) is 11.9 Å². The van der Waals surface area contributed by atoms with Crippen LogP contribution in [-0.2, 0) is 0 Å². The van der Waals surface area contributed by atoms with Crippen molar-refractivity contribution >= 4 is 11.6 Å². The SMILES string of the molecule is CC(C)NC(=O)c1ccc(N)c(C2CC2)c1. The zero-order valence-corrected chi connectivity index (χ0v) is 9.79. The number of amides is 1. The summed E-state index contributed by atoms with van der Waals surface area (Å²) >= 11 is 0. The van der Waals surface area contributed by atoms with Gasteiger partial charge < -0.3 is 11.1 Å². The van der Waals surface area contributed by atoms with Crippen LogP contribution in [0.25, 0.3) is 0 Å². The molecule has 0 spiro atoms. The summed E-state index contributed by atoms with van der Waals surface area (Å²) in [6.45, 7) is 3.91. The first-order valence-electron chi connectivity index (χ1n) is 5.78. The number of nitrogens with one attached hydrogen (secondary N) is 1. The van der Waals surface area contributed by atoms with Crippen LogP contribution in [0.5, 0.6) is 0 Å². The van der Waals surface area contributed by atoms with Gasteiger partial charge in [0.2, 0.25) is 0 Å². The van der Waals surface area contributed by atoms with Gasteiger partial charge in [0.25, 0.3) is 5.91 Å². The molecule has 86 valence electrons. The van der Waals surface area contributed by atoms with Gasteiger partial charge in [-0.3, -0.25) is 4.79 Å². The van der Waals surface area contributed by atoms with E-state index in [4.69, 9.17) is 5.73 Å². The molecule has 3 nitrogen and oxygen atoms in total. The topological polar surface area (TPSA) is 55.1 Å². The molecule has 3 heteroatoms. The van der Waals surface area contributed by atoms with Gasteiger partial charge in [-0.1, -0.05) is 0 Å². The molecule has 1 saturated carbocycles. The highest BCUT2D eigenvalue weighted by Crippen LogP contribution is 2.42. The van der Waals surface area contributed by atoms with Gasteiger partial charge in [-0.15, -0.1) is 0 Å². The Bertz CT molecular complexity index is 408. The molecule has 0 aliphatic heterocycles. The van der Waals surface area contributed by atoms with Gasteiger partial charge in [0.05, 0.1) is 0 Å². The van der Waals surface area contributed by atoms with Crippen molar-refractivity contribution in [2.75, 3.05) is 5.73 Å². The summed E-state index contributed by atoms with van der Waals surface area (Å²) in [7, 11) is 0. The Hall–Kier alpha value is -1.51. The first-order chi connectivity index (χ1) is 7.58. The zero-order valence-electron chi connectivity index (χ0n) is 9.79. The molecule has 0 atom stereocenters. The quantitative estimate of drug-likeness (QED) is 0.765. The van der Waals surface area contributed by atoms with Crippen LogP contribution in [0.4, 0.5) is 5.69 Å². The van der Waals surface area contributed by atoms with Gasteiger partial charge in [-0.2, -0.15) is 0 Å². The Kier molecular flexibility index (Phi) is 2.86. The lowest BCUT2D eigenvalue weighted by molar-refractivity contribution is 0.0943. The average molecular weight is 218 g/mol. The fourth-order valence-corrected chi connectivity index (χ4v) is 1.81. The van der Waals surface area contributed by atoms with Crippen LogP contribution in [0.2, 0.25) is 0 Å². The number of hydrogen-bond donors (Lipinski definition) is 2. The van der Waals surface area contributed by atoms with Crippen molar-refractivity contribution in [1.82, 2.24) is 5.32 Å². The van der Waals surface area contributed by atoms with E-state index < -0.39 is 0 Å². The Balaban J connectivity index is 2.21. The van der Waals surface area contributed by atoms with Gasteiger partial charge in [-0.25, -0.2) is 0 Å². The second-order valence-corrected chi connectivity index (χ2v) is 4.75. The number of nitrogen functional groups attached to an aromatic ring is 1. The van der Waals surface area contributed by atoms with E-state index in [0.717, 1.165) is 11.3 Å². The molecule has 1 aromatic rings. The third-order valence-electron chi connectivity index (χ3n) is 2.79. The van der Waals surface area contributed by atoms with Gasteiger partial charge in [0.15, 0.2) is 0 Å². The predicted octanol–water partition coefficient (Wildman–Crippen LogP) is 2.28. The van der Waals surface area contributed by atoms with Gasteiger partial charge in [0, 0.05) is 17.3 Å². The second-order valence-electron chi connectivity index (χ2n) is 4.75. The third kappa shape index (κ3) is 2.35. The number of carbonyl (C=O) groups excluding carboxylic acids is 1. The minimum Gasteiger partial charge on any atom is -0.398 e. The highest BCUT2D eigenvalue weighted by atomic mass is 16.1. The van der Waals surface area contributed by atoms with Gasteiger partial charge >= 0.3 is 0 Å². The summed E-state index contributed by atoms with van der Waals surface area (Å²) in [6, 6.07) is 5.72. The lowest BCUT2D eigenvalue weighted by Crippen LogP contribution is -2.30. The van der Waals surface area contributed by atoms with Crippen molar-refractivity contribution in [1.29, 1.82) is 0 Å². The molecule has 2 rings (SSSR count). The fraction of sp³-hybridized carbons (Fsp3) is 0.462. The molecule has 0 aromatic heterocycles. The van der Waals surface area contributed by atoms with Crippen molar-refractivity contribution in [2.45, 2.75) is 38.6 Å². The molecule has 0 heterocycles. The number of benzene rings is 1. The third-order valence-corrected chi connectivity index (χ3v) is 2.79. The molecule has 1 fully saturated rings. The zero-order chi connectivity index (χ0) is 11.7. The number of hydrogen-bond acceptors (Lipinski definition) is 2. The van der Waals surface area contributed by atoms with Crippen molar-refractivity contribution in [3.8, 4) is 0 Å². The number of nitrogens with two attached hydrogens (primary N) is 1. The fourth-order valence-electron chi connectivity index (χ4n) is 1.81. The summed E-state index contributed by atoms with van der Waals surface area (Å²) in [6.07, 6.45) is 2.39. The molecule has 0 saturated heterocycles. The van der Waals surface area contributed by atoms with E-state index in [0.29, 0.717) is 11.5 Å². The number of anilines is 1. The van der Waals surface area contributed by atoms with E-state index in [1.807, 2.05) is 26.0 Å². The Labute approximate surface area is 96.0 Å². The molecule has 1 amide bonds. The van der Waals surface area contributed by atoms with E-state index in [9.17, 15) is 4.79 Å². The second kappa shape index (κ2) is 4.16. The maximum Gasteiger partial charge on any atom is 0.251 e. The summed E-state index contributed by atoms with van der Waals surface area (Å²) in [5.74, 6) is 0.559. The van der Waals surface area contributed by atoms with Crippen LogP contribution in [0, 0.1) is 0 Å². The predicted molar refractivity (Wildman–Crippen MR) is 65.4 cm³/mol. The highest BCUT2D eigenvalue weighted by molar-refractivity contribution is 5.95. The first-order valence-corrected chi connectivity index (χ1v) is 5.78. The summed E-state index contributed by atoms with van der Waals surface area (Å²) < 4.78 is 0. The number of rotatable bonds is 3. The number of carbonyl (C=O) groups is 1. The maximum atomic E-state index is 11.8. The van der Waals surface area contributed by atoms with E-state index in [1.54, 1.807) is 6.07 Å². The molecule has 1 aliphatic carbocycles.